The molecule has 0 radical (unpaired) electrons. The van der Waals surface area contributed by atoms with E-state index in [4.69, 9.17) is 0 Å². The lowest BCUT2D eigenvalue weighted by atomic mass is 9.88. The number of carbonyl (C=O) groups is 2. The Bertz CT molecular complexity index is 1750. The zero-order chi connectivity index (χ0) is 29.5. The SMILES string of the molecule is CC(C)(C)N(C(=O)O)[C@H]1CC[C@@H](n2c(=O)c3cc(F)cnc3n(-c3cccc(-c4ccc(C=O)cc4)c3)c2=O)CC1. The molecular formula is C31H31FN4O5. The molecule has 9 nitrogen and oxygen atoms in total. The van der Waals surface area contributed by atoms with Gasteiger partial charge < -0.3 is 10.0 Å². The lowest BCUT2D eigenvalue weighted by Gasteiger charge is -2.42. The number of benzene rings is 2. The van der Waals surface area contributed by atoms with Crippen molar-refractivity contribution in [1.82, 2.24) is 19.0 Å². The first-order valence-corrected chi connectivity index (χ1v) is 13.5. The van der Waals surface area contributed by atoms with Crippen LogP contribution < -0.4 is 11.2 Å². The highest BCUT2D eigenvalue weighted by Crippen LogP contribution is 2.33. The van der Waals surface area contributed by atoms with E-state index in [1.165, 1.54) is 14.0 Å². The van der Waals surface area contributed by atoms with E-state index in [0.29, 0.717) is 36.9 Å². The minimum absolute atomic E-state index is 0.0192. The molecule has 0 saturated heterocycles. The number of pyridine rings is 1. The molecule has 0 unspecified atom stereocenters. The van der Waals surface area contributed by atoms with Crippen LogP contribution in [-0.4, -0.2) is 48.1 Å². The first kappa shape index (κ1) is 27.9. The van der Waals surface area contributed by atoms with Gasteiger partial charge in [-0.15, -0.1) is 0 Å². The van der Waals surface area contributed by atoms with E-state index in [9.17, 15) is 28.7 Å². The normalized spacial score (nSPS) is 17.4. The van der Waals surface area contributed by atoms with Crippen LogP contribution in [-0.2, 0) is 0 Å². The molecule has 1 saturated carbocycles. The number of aldehydes is 1. The summed E-state index contributed by atoms with van der Waals surface area (Å²) < 4.78 is 16.8. The average Bonchev–Trinajstić information content (AvgIpc) is 2.94. The lowest BCUT2D eigenvalue weighted by Crippen LogP contribution is -2.53. The van der Waals surface area contributed by atoms with Gasteiger partial charge in [0.15, 0.2) is 5.65 Å². The molecule has 0 atom stereocenters. The van der Waals surface area contributed by atoms with Crippen LogP contribution in [0.25, 0.3) is 27.8 Å². The van der Waals surface area contributed by atoms with Crippen LogP contribution in [0.4, 0.5) is 9.18 Å². The molecule has 1 amide bonds. The van der Waals surface area contributed by atoms with Crippen molar-refractivity contribution in [3.05, 3.63) is 93.0 Å². The van der Waals surface area contributed by atoms with E-state index in [1.54, 1.807) is 42.5 Å². The largest absolute Gasteiger partial charge is 0.465 e. The summed E-state index contributed by atoms with van der Waals surface area (Å²) in [4.78, 5) is 56.3. The topological polar surface area (TPSA) is 114 Å². The van der Waals surface area contributed by atoms with Gasteiger partial charge in [-0.25, -0.2) is 23.5 Å². The van der Waals surface area contributed by atoms with Gasteiger partial charge >= 0.3 is 11.8 Å². The van der Waals surface area contributed by atoms with Crippen molar-refractivity contribution in [2.75, 3.05) is 0 Å². The van der Waals surface area contributed by atoms with Crippen molar-refractivity contribution >= 4 is 23.4 Å². The third kappa shape index (κ3) is 5.29. The van der Waals surface area contributed by atoms with Crippen LogP contribution in [0.3, 0.4) is 0 Å². The smallest absolute Gasteiger partial charge is 0.407 e. The second-order valence-corrected chi connectivity index (χ2v) is 11.4. The highest BCUT2D eigenvalue weighted by atomic mass is 19.1. The van der Waals surface area contributed by atoms with Gasteiger partial charge in [-0.2, -0.15) is 0 Å². The number of amides is 1. The molecule has 0 bridgehead atoms. The summed E-state index contributed by atoms with van der Waals surface area (Å²) in [5, 5.41) is 9.81. The van der Waals surface area contributed by atoms with Gasteiger partial charge in [0.05, 0.1) is 17.3 Å². The van der Waals surface area contributed by atoms with Gasteiger partial charge in [-0.1, -0.05) is 36.4 Å². The molecule has 212 valence electrons. The van der Waals surface area contributed by atoms with Crippen molar-refractivity contribution in [3.8, 4) is 16.8 Å². The zero-order valence-corrected chi connectivity index (χ0v) is 23.1. The number of aromatic nitrogens is 3. The van der Waals surface area contributed by atoms with Crippen molar-refractivity contribution < 1.29 is 19.1 Å². The van der Waals surface area contributed by atoms with Crippen molar-refractivity contribution in [2.45, 2.75) is 64.1 Å². The number of carbonyl (C=O) groups excluding carboxylic acids is 1. The quantitative estimate of drug-likeness (QED) is 0.327. The Labute approximate surface area is 235 Å². The molecule has 1 aliphatic carbocycles. The fraction of sp³-hybridized carbons (Fsp3) is 0.323. The number of carboxylic acid groups (broad SMARTS) is 1. The average molecular weight is 559 g/mol. The van der Waals surface area contributed by atoms with E-state index in [0.717, 1.165) is 29.7 Å². The van der Waals surface area contributed by atoms with E-state index in [2.05, 4.69) is 4.98 Å². The summed E-state index contributed by atoms with van der Waals surface area (Å²) in [6, 6.07) is 14.5. The Balaban J connectivity index is 1.60. The fourth-order valence-corrected chi connectivity index (χ4v) is 5.88. The number of nitrogens with zero attached hydrogens (tertiary/aromatic N) is 4. The first-order valence-electron chi connectivity index (χ1n) is 13.5. The summed E-state index contributed by atoms with van der Waals surface area (Å²) in [6.07, 6.45) is 2.51. The predicted molar refractivity (Wildman–Crippen MR) is 153 cm³/mol. The third-order valence-corrected chi connectivity index (χ3v) is 7.70. The maximum atomic E-state index is 14.3. The number of fused-ring (bicyclic) bond motifs is 1. The number of rotatable bonds is 5. The summed E-state index contributed by atoms with van der Waals surface area (Å²) >= 11 is 0. The molecule has 41 heavy (non-hydrogen) atoms. The Morgan fingerprint density at radius 3 is 2.32 bits per heavy atom. The van der Waals surface area contributed by atoms with E-state index in [1.807, 2.05) is 26.8 Å². The molecular weight excluding hydrogens is 527 g/mol. The van der Waals surface area contributed by atoms with Gasteiger partial charge in [-0.05, 0) is 75.8 Å². The van der Waals surface area contributed by atoms with Crippen LogP contribution in [0, 0.1) is 5.82 Å². The Hall–Kier alpha value is -4.60. The van der Waals surface area contributed by atoms with Crippen molar-refractivity contribution in [3.63, 3.8) is 0 Å². The Kier molecular flexibility index (Phi) is 7.33. The van der Waals surface area contributed by atoms with Gasteiger partial charge in [0.25, 0.3) is 5.56 Å². The van der Waals surface area contributed by atoms with Gasteiger partial charge in [0, 0.05) is 23.2 Å². The number of hydrogen-bond acceptors (Lipinski definition) is 5. The van der Waals surface area contributed by atoms with Gasteiger partial charge in [0.2, 0.25) is 0 Å². The molecule has 2 aromatic carbocycles. The number of hydrogen-bond donors (Lipinski definition) is 1. The highest BCUT2D eigenvalue weighted by molar-refractivity contribution is 5.78. The van der Waals surface area contributed by atoms with Crippen molar-refractivity contribution in [1.29, 1.82) is 0 Å². The monoisotopic (exact) mass is 558 g/mol. The van der Waals surface area contributed by atoms with Gasteiger partial charge in [0.1, 0.15) is 12.1 Å². The standard InChI is InChI=1S/C31H31FN4O5/c1-31(2,3)36(30(40)41)24-13-11-23(12-14-24)35-28(38)26-16-22(32)17-33-27(26)34(29(35)39)25-6-4-5-21(15-25)20-9-7-19(18-37)8-10-20/h4-10,15-18,23-24H,11-14H2,1-3H3,(H,40,41)/t23-,24+. The molecule has 1 N–H and O–H groups in total. The molecule has 1 fully saturated rings. The van der Waals surface area contributed by atoms with Crippen molar-refractivity contribution in [2.24, 2.45) is 0 Å². The second-order valence-electron chi connectivity index (χ2n) is 11.4. The predicted octanol–water partition coefficient (Wildman–Crippen LogP) is 5.43. The molecule has 2 heterocycles. The Morgan fingerprint density at radius 1 is 1.02 bits per heavy atom. The maximum absolute atomic E-state index is 14.3. The van der Waals surface area contributed by atoms with Crippen LogP contribution in [0.2, 0.25) is 0 Å². The minimum Gasteiger partial charge on any atom is -0.465 e. The van der Waals surface area contributed by atoms with Crippen LogP contribution in [0.1, 0.15) is 62.9 Å². The Morgan fingerprint density at radius 2 is 1.71 bits per heavy atom. The number of halogens is 1. The summed E-state index contributed by atoms with van der Waals surface area (Å²) in [7, 11) is 0. The second kappa shape index (κ2) is 10.8. The van der Waals surface area contributed by atoms with E-state index >= 15 is 0 Å². The lowest BCUT2D eigenvalue weighted by molar-refractivity contribution is 0.0506. The minimum atomic E-state index is -1.01. The maximum Gasteiger partial charge on any atom is 0.407 e. The zero-order valence-electron chi connectivity index (χ0n) is 23.1. The summed E-state index contributed by atoms with van der Waals surface area (Å²) in [5.74, 6) is -0.693. The van der Waals surface area contributed by atoms with Crippen LogP contribution in [0.5, 0.6) is 0 Å². The molecule has 1 aliphatic rings. The van der Waals surface area contributed by atoms with Gasteiger partial charge in [-0.3, -0.25) is 14.2 Å². The third-order valence-electron chi connectivity index (χ3n) is 7.70. The fourth-order valence-electron chi connectivity index (χ4n) is 5.88. The molecule has 2 aromatic heterocycles. The molecule has 10 heteroatoms. The van der Waals surface area contributed by atoms with Crippen LogP contribution in [0.15, 0.2) is 70.4 Å². The summed E-state index contributed by atoms with van der Waals surface area (Å²) in [6.45, 7) is 5.52. The molecule has 0 aliphatic heterocycles. The molecule has 5 rings (SSSR count). The summed E-state index contributed by atoms with van der Waals surface area (Å²) in [5.41, 5.74) is 0.811. The highest BCUT2D eigenvalue weighted by Gasteiger charge is 2.36. The van der Waals surface area contributed by atoms with E-state index < -0.39 is 34.7 Å². The van der Waals surface area contributed by atoms with E-state index in [-0.39, 0.29) is 17.1 Å². The molecule has 0 spiro atoms. The van der Waals surface area contributed by atoms with Crippen LogP contribution >= 0.6 is 0 Å². The molecule has 4 aromatic rings. The first-order chi connectivity index (χ1) is 19.5.